The molecule has 1 radical (unpaired) electrons. The smallest absolute Gasteiger partial charge is 0.312 e. The number of urea groups is 1. The van der Waals surface area contributed by atoms with Crippen LogP contribution in [-0.2, 0) is 4.79 Å². The minimum Gasteiger partial charge on any atom is -0.352 e. The molecule has 5 nitrogen and oxygen atoms in total. The zero-order chi connectivity index (χ0) is 9.40. The predicted octanol–water partition coefficient (Wildman–Crippen LogP) is -0.738. The van der Waals surface area contributed by atoms with Crippen molar-refractivity contribution in [2.75, 3.05) is 6.54 Å². The number of nitrogens with two attached hydrogens (primary N) is 2. The molecule has 69 valence electrons. The van der Waals surface area contributed by atoms with E-state index in [1.54, 1.807) is 6.29 Å². The molecule has 0 fully saturated rings. The average Bonchev–Trinajstić information content (AvgIpc) is 2.03. The highest BCUT2D eigenvalue weighted by molar-refractivity contribution is 5.71. The summed E-state index contributed by atoms with van der Waals surface area (Å²) < 4.78 is 0. The average molecular weight is 172 g/mol. The maximum absolute atomic E-state index is 10.2. The number of carbonyl (C=O) groups is 1. The molecule has 0 aliphatic carbocycles. The maximum atomic E-state index is 10.2. The fraction of sp³-hybridized carbons (Fsp3) is 0.714. The Morgan fingerprint density at radius 2 is 2.17 bits per heavy atom. The van der Waals surface area contributed by atoms with E-state index in [1.165, 1.54) is 0 Å². The van der Waals surface area contributed by atoms with Crippen LogP contribution >= 0.6 is 0 Å². The Morgan fingerprint density at radius 3 is 2.67 bits per heavy atom. The largest absolute Gasteiger partial charge is 0.352 e. The minimum absolute atomic E-state index is 0.501. The Labute approximate surface area is 71.5 Å². The summed E-state index contributed by atoms with van der Waals surface area (Å²) in [6, 6.07) is -1.03. The molecular weight excluding hydrogens is 158 g/mol. The van der Waals surface area contributed by atoms with Gasteiger partial charge in [-0.25, -0.2) is 4.79 Å². The maximum Gasteiger partial charge on any atom is 0.312 e. The van der Waals surface area contributed by atoms with Crippen LogP contribution in [0.1, 0.15) is 19.3 Å². The second-order valence-corrected chi connectivity index (χ2v) is 2.51. The Morgan fingerprint density at radius 1 is 1.50 bits per heavy atom. The predicted molar refractivity (Wildman–Crippen MR) is 45.1 cm³/mol. The zero-order valence-corrected chi connectivity index (χ0v) is 6.88. The molecule has 0 bridgehead atoms. The van der Waals surface area contributed by atoms with Crippen molar-refractivity contribution < 1.29 is 9.59 Å². The Hall–Kier alpha value is -1.10. The van der Waals surface area contributed by atoms with E-state index in [9.17, 15) is 9.59 Å². The third kappa shape index (κ3) is 7.01. The van der Waals surface area contributed by atoms with E-state index in [4.69, 9.17) is 11.5 Å². The molecule has 5 N–H and O–H groups in total. The van der Waals surface area contributed by atoms with Crippen molar-refractivity contribution in [3.8, 4) is 0 Å². The van der Waals surface area contributed by atoms with Crippen LogP contribution < -0.4 is 16.8 Å². The molecule has 0 aromatic heterocycles. The van der Waals surface area contributed by atoms with Crippen LogP contribution in [0.3, 0.4) is 0 Å². The quantitative estimate of drug-likeness (QED) is 0.460. The van der Waals surface area contributed by atoms with Gasteiger partial charge in [0, 0.05) is 6.54 Å². The Balaban J connectivity index is 3.10. The molecule has 0 saturated carbocycles. The highest BCUT2D eigenvalue weighted by atomic mass is 16.2. The first-order valence-electron chi connectivity index (χ1n) is 3.83. The molecule has 0 aliphatic rings. The molecule has 0 saturated heterocycles. The fourth-order valence-corrected chi connectivity index (χ4v) is 0.760. The number of carbonyl (C=O) groups excluding carboxylic acids is 2. The highest BCUT2D eigenvalue weighted by Crippen LogP contribution is 1.95. The molecule has 2 amide bonds. The lowest BCUT2D eigenvalue weighted by Gasteiger charge is -2.02. The lowest BCUT2D eigenvalue weighted by molar-refractivity contribution is 0.248. The van der Waals surface area contributed by atoms with E-state index >= 15 is 0 Å². The highest BCUT2D eigenvalue weighted by Gasteiger charge is 1.99. The monoisotopic (exact) mass is 172 g/mol. The van der Waals surface area contributed by atoms with Crippen LogP contribution in [0.5, 0.6) is 0 Å². The Kier molecular flexibility index (Phi) is 6.00. The molecule has 1 atom stereocenters. The van der Waals surface area contributed by atoms with Crippen LogP contribution in [0.2, 0.25) is 0 Å². The number of hydrogen-bond donors (Lipinski definition) is 3. The first kappa shape index (κ1) is 10.9. The molecule has 0 aliphatic heterocycles. The van der Waals surface area contributed by atoms with Gasteiger partial charge in [0.15, 0.2) is 0 Å². The topological polar surface area (TPSA) is 98.2 Å². The van der Waals surface area contributed by atoms with Crippen molar-refractivity contribution in [1.82, 2.24) is 5.32 Å². The van der Waals surface area contributed by atoms with E-state index in [1.807, 2.05) is 0 Å². The first-order valence-corrected chi connectivity index (χ1v) is 3.83. The van der Waals surface area contributed by atoms with E-state index in [2.05, 4.69) is 5.32 Å². The first-order chi connectivity index (χ1) is 5.66. The number of unbranched alkanes of at least 4 members (excludes halogenated alkanes) is 1. The van der Waals surface area contributed by atoms with Gasteiger partial charge in [-0.2, -0.15) is 0 Å². The van der Waals surface area contributed by atoms with E-state index < -0.39 is 12.1 Å². The number of primary amides is 1. The van der Waals surface area contributed by atoms with Gasteiger partial charge >= 0.3 is 6.03 Å². The lowest BCUT2D eigenvalue weighted by atomic mass is 10.1. The summed E-state index contributed by atoms with van der Waals surface area (Å²) >= 11 is 0. The summed E-state index contributed by atoms with van der Waals surface area (Å²) in [5, 5.41) is 2.44. The van der Waals surface area contributed by atoms with E-state index in [0.717, 1.165) is 12.8 Å². The molecule has 5 heteroatoms. The van der Waals surface area contributed by atoms with Gasteiger partial charge < -0.3 is 16.8 Å². The van der Waals surface area contributed by atoms with Crippen LogP contribution in [0.4, 0.5) is 4.79 Å². The summed E-state index contributed by atoms with van der Waals surface area (Å²) in [7, 11) is 0. The zero-order valence-electron chi connectivity index (χ0n) is 6.88. The Bertz CT molecular complexity index is 150. The second kappa shape index (κ2) is 6.60. The van der Waals surface area contributed by atoms with Crippen molar-refractivity contribution in [2.24, 2.45) is 11.5 Å². The fourth-order valence-electron chi connectivity index (χ4n) is 0.760. The van der Waals surface area contributed by atoms with Crippen molar-refractivity contribution in [3.63, 3.8) is 0 Å². The van der Waals surface area contributed by atoms with Crippen molar-refractivity contribution >= 4 is 12.3 Å². The standard InChI is InChI=1S/C7H14N3O2/c8-6(5-11)3-1-2-4-10-7(9)12/h6H,1-4,8H2,(H3,9,10,12). The van der Waals surface area contributed by atoms with Gasteiger partial charge in [0.2, 0.25) is 6.29 Å². The third-order valence-electron chi connectivity index (χ3n) is 1.39. The minimum atomic E-state index is -0.527. The molecule has 0 spiro atoms. The number of nitrogens with one attached hydrogen (secondary N) is 1. The number of hydrogen-bond acceptors (Lipinski definition) is 3. The van der Waals surface area contributed by atoms with Crippen molar-refractivity contribution in [1.29, 1.82) is 0 Å². The normalized spacial score (nSPS) is 12.1. The van der Waals surface area contributed by atoms with Gasteiger partial charge in [0.05, 0.1) is 6.04 Å². The summed E-state index contributed by atoms with van der Waals surface area (Å²) in [6.45, 7) is 0.529. The molecular formula is C7H14N3O2. The van der Waals surface area contributed by atoms with Crippen LogP contribution in [0.25, 0.3) is 0 Å². The van der Waals surface area contributed by atoms with Gasteiger partial charge in [-0.05, 0) is 19.3 Å². The van der Waals surface area contributed by atoms with Gasteiger partial charge in [0.25, 0.3) is 0 Å². The molecule has 12 heavy (non-hydrogen) atoms. The molecule has 0 aromatic rings. The van der Waals surface area contributed by atoms with Crippen LogP contribution in [0, 0.1) is 0 Å². The second-order valence-electron chi connectivity index (χ2n) is 2.51. The van der Waals surface area contributed by atoms with E-state index in [-0.39, 0.29) is 0 Å². The summed E-state index contributed by atoms with van der Waals surface area (Å²) in [5.41, 5.74) is 10.1. The lowest BCUT2D eigenvalue weighted by Crippen LogP contribution is -2.30. The summed E-state index contributed by atoms with van der Waals surface area (Å²) in [5.74, 6) is 0. The van der Waals surface area contributed by atoms with Crippen molar-refractivity contribution in [3.05, 3.63) is 0 Å². The van der Waals surface area contributed by atoms with Gasteiger partial charge in [-0.3, -0.25) is 4.79 Å². The number of amides is 2. The summed E-state index contributed by atoms with van der Waals surface area (Å²) in [4.78, 5) is 20.1. The number of rotatable bonds is 6. The van der Waals surface area contributed by atoms with Crippen LogP contribution in [0.15, 0.2) is 0 Å². The van der Waals surface area contributed by atoms with Gasteiger partial charge in [0.1, 0.15) is 0 Å². The van der Waals surface area contributed by atoms with Crippen molar-refractivity contribution in [2.45, 2.75) is 25.3 Å². The third-order valence-corrected chi connectivity index (χ3v) is 1.39. The molecule has 1 unspecified atom stereocenters. The SMILES string of the molecule is NC(=O)NCCCCC(N)[C]=O. The molecule has 0 heterocycles. The van der Waals surface area contributed by atoms with E-state index in [0.29, 0.717) is 13.0 Å². The van der Waals surface area contributed by atoms with Gasteiger partial charge in [-0.1, -0.05) is 0 Å². The summed E-state index contributed by atoms with van der Waals surface area (Å²) in [6.07, 6.45) is 3.85. The van der Waals surface area contributed by atoms with Crippen LogP contribution in [-0.4, -0.2) is 24.9 Å². The van der Waals surface area contributed by atoms with Gasteiger partial charge in [-0.15, -0.1) is 0 Å². The molecule has 0 rings (SSSR count). The molecule has 0 aromatic carbocycles.